The molecule has 2 aromatic carbocycles. The molecule has 0 radical (unpaired) electrons. The lowest BCUT2D eigenvalue weighted by atomic mass is 9.92. The average molecular weight is 519 g/mol. The van der Waals surface area contributed by atoms with E-state index in [0.29, 0.717) is 17.8 Å². The van der Waals surface area contributed by atoms with E-state index < -0.39 is 12.1 Å². The van der Waals surface area contributed by atoms with Gasteiger partial charge < -0.3 is 14.8 Å². The number of oxime groups is 2. The molecule has 0 spiro atoms. The number of hydrogen-bond donors (Lipinski definition) is 1. The Balaban J connectivity index is 0.000000206. The van der Waals surface area contributed by atoms with Crippen LogP contribution < -0.4 is 0 Å². The van der Waals surface area contributed by atoms with Gasteiger partial charge in [0.2, 0.25) is 0 Å². The Bertz CT molecular complexity index is 1280. The molecule has 1 N–H and O–H groups in total. The molecule has 0 bridgehead atoms. The predicted molar refractivity (Wildman–Crippen MR) is 142 cm³/mol. The van der Waals surface area contributed by atoms with Crippen molar-refractivity contribution in [1.29, 1.82) is 0 Å². The molecule has 0 saturated heterocycles. The van der Waals surface area contributed by atoms with Gasteiger partial charge in [-0.05, 0) is 17.4 Å². The Kier molecular flexibility index (Phi) is 9.42. The zero-order chi connectivity index (χ0) is 26.9. The van der Waals surface area contributed by atoms with Crippen molar-refractivity contribution in [1.82, 2.24) is 0 Å². The number of rotatable bonds is 6. The maximum atomic E-state index is 11.4. The van der Waals surface area contributed by atoms with Crippen LogP contribution in [0.5, 0.6) is 0 Å². The minimum Gasteiger partial charge on any atom is -0.481 e. The van der Waals surface area contributed by atoms with Crippen LogP contribution in [0.1, 0.15) is 37.8 Å². The highest BCUT2D eigenvalue weighted by atomic mass is 32.2. The SMILES string of the molecule is [C-]#[N+]c1ccc(C2=NOC(CC(=O)SC)C2C)cc1.[C-]#[N+]c1ccc(C2=NO[C@@H](CC(=O)O)C2C)cc1. The molecule has 10 heteroatoms. The van der Waals surface area contributed by atoms with Gasteiger partial charge >= 0.3 is 5.97 Å². The second kappa shape index (κ2) is 12.7. The standard InChI is InChI=1S/C14H14N2O2S.C13H12N2O3/c1-9-12(8-13(17)19-3)18-16-14(9)10-4-6-11(15-2)7-5-10;1-8-11(7-12(16)17)18-15-13(8)9-3-5-10(14-2)6-4-9/h4-7,9,12H,8H2,1,3H3;3-6,8,11H,7H2,1H3,(H,16,17)/t;8?,11-/m.0/s1. The highest BCUT2D eigenvalue weighted by Crippen LogP contribution is 2.28. The van der Waals surface area contributed by atoms with Gasteiger partial charge in [0, 0.05) is 11.8 Å². The Morgan fingerprint density at radius 3 is 1.59 bits per heavy atom. The summed E-state index contributed by atoms with van der Waals surface area (Å²) in [6.07, 6.45) is 1.48. The third-order valence-electron chi connectivity index (χ3n) is 6.11. The fourth-order valence-electron chi connectivity index (χ4n) is 3.84. The van der Waals surface area contributed by atoms with Crippen molar-refractivity contribution >= 4 is 45.6 Å². The maximum Gasteiger partial charge on any atom is 0.307 e. The Morgan fingerprint density at radius 1 is 0.838 bits per heavy atom. The molecule has 2 aliphatic heterocycles. The number of hydrogen-bond acceptors (Lipinski definition) is 7. The molecule has 2 aliphatic rings. The molecule has 9 nitrogen and oxygen atoms in total. The largest absolute Gasteiger partial charge is 0.481 e. The summed E-state index contributed by atoms with van der Waals surface area (Å²) in [5, 5.41) is 16.9. The molecule has 190 valence electrons. The van der Waals surface area contributed by atoms with Crippen molar-refractivity contribution in [3.8, 4) is 0 Å². The second-order valence-corrected chi connectivity index (χ2v) is 9.38. The molecule has 37 heavy (non-hydrogen) atoms. The van der Waals surface area contributed by atoms with Crippen LogP contribution in [0, 0.1) is 25.0 Å². The van der Waals surface area contributed by atoms with Crippen LogP contribution in [-0.4, -0.2) is 46.1 Å². The zero-order valence-corrected chi connectivity index (χ0v) is 21.4. The van der Waals surface area contributed by atoms with Gasteiger partial charge in [-0.2, -0.15) is 0 Å². The number of benzene rings is 2. The van der Waals surface area contributed by atoms with Crippen molar-refractivity contribution in [2.45, 2.75) is 38.9 Å². The van der Waals surface area contributed by atoms with E-state index in [2.05, 4.69) is 20.0 Å². The lowest BCUT2D eigenvalue weighted by Crippen LogP contribution is -2.23. The first-order valence-corrected chi connectivity index (χ1v) is 12.7. The first-order valence-electron chi connectivity index (χ1n) is 11.5. The van der Waals surface area contributed by atoms with Crippen LogP contribution in [0.4, 0.5) is 11.4 Å². The second-order valence-electron chi connectivity index (χ2n) is 8.51. The molecular formula is C27H26N4O5S. The van der Waals surface area contributed by atoms with E-state index in [1.54, 1.807) is 42.7 Å². The molecule has 4 rings (SSSR count). The summed E-state index contributed by atoms with van der Waals surface area (Å²) in [4.78, 5) is 39.3. The minimum absolute atomic E-state index is 0.0612. The summed E-state index contributed by atoms with van der Waals surface area (Å²) in [7, 11) is 0. The van der Waals surface area contributed by atoms with Crippen LogP contribution in [0.25, 0.3) is 9.69 Å². The highest BCUT2D eigenvalue weighted by molar-refractivity contribution is 8.13. The molecule has 4 atom stereocenters. The van der Waals surface area contributed by atoms with Gasteiger partial charge in [-0.15, -0.1) is 0 Å². The van der Waals surface area contributed by atoms with E-state index in [0.717, 1.165) is 22.6 Å². The summed E-state index contributed by atoms with van der Waals surface area (Å²) in [5.74, 6) is -0.888. The number of carbonyl (C=O) groups is 2. The van der Waals surface area contributed by atoms with E-state index in [1.807, 2.05) is 26.0 Å². The lowest BCUT2D eigenvalue weighted by molar-refractivity contribution is -0.140. The fraction of sp³-hybridized carbons (Fsp3) is 0.333. The van der Waals surface area contributed by atoms with E-state index in [1.165, 1.54) is 11.8 Å². The van der Waals surface area contributed by atoms with Crippen LogP contribution in [0.2, 0.25) is 0 Å². The quantitative estimate of drug-likeness (QED) is 0.491. The number of carboxylic acid groups (broad SMARTS) is 1. The van der Waals surface area contributed by atoms with Gasteiger partial charge in [0.15, 0.2) is 16.5 Å². The molecule has 0 amide bonds. The number of aliphatic carboxylic acids is 1. The predicted octanol–water partition coefficient (Wildman–Crippen LogP) is 5.71. The number of carboxylic acids is 1. The van der Waals surface area contributed by atoms with Crippen molar-refractivity contribution in [2.24, 2.45) is 22.1 Å². The van der Waals surface area contributed by atoms with Gasteiger partial charge in [0.1, 0.15) is 12.2 Å². The maximum absolute atomic E-state index is 11.4. The van der Waals surface area contributed by atoms with Gasteiger partial charge in [-0.3, -0.25) is 9.59 Å². The Labute approximate surface area is 219 Å². The van der Waals surface area contributed by atoms with Crippen molar-refractivity contribution in [3.05, 3.63) is 82.5 Å². The van der Waals surface area contributed by atoms with Gasteiger partial charge in [0.25, 0.3) is 0 Å². The average Bonchev–Trinajstić information content (AvgIpc) is 3.45. The minimum atomic E-state index is -0.897. The highest BCUT2D eigenvalue weighted by Gasteiger charge is 2.33. The van der Waals surface area contributed by atoms with Crippen LogP contribution in [-0.2, 0) is 19.3 Å². The van der Waals surface area contributed by atoms with Crippen molar-refractivity contribution in [2.75, 3.05) is 6.26 Å². The molecular weight excluding hydrogens is 492 g/mol. The van der Waals surface area contributed by atoms with E-state index in [-0.39, 0.29) is 29.5 Å². The van der Waals surface area contributed by atoms with E-state index in [4.69, 9.17) is 27.9 Å². The third kappa shape index (κ3) is 6.96. The zero-order valence-electron chi connectivity index (χ0n) is 20.6. The Hall–Kier alpha value is -4.15. The first kappa shape index (κ1) is 27.4. The third-order valence-corrected chi connectivity index (χ3v) is 6.73. The topological polar surface area (TPSA) is 106 Å². The van der Waals surface area contributed by atoms with Crippen molar-refractivity contribution in [3.63, 3.8) is 0 Å². The normalized spacial score (nSPS) is 21.6. The monoisotopic (exact) mass is 518 g/mol. The van der Waals surface area contributed by atoms with Crippen LogP contribution in [0.15, 0.2) is 58.8 Å². The molecule has 2 aromatic rings. The number of carbonyl (C=O) groups excluding carboxylic acids is 1. The molecule has 2 heterocycles. The molecule has 3 unspecified atom stereocenters. The summed E-state index contributed by atoms with van der Waals surface area (Å²) in [6, 6.07) is 14.3. The van der Waals surface area contributed by atoms with Gasteiger partial charge in [-0.25, -0.2) is 9.69 Å². The summed E-state index contributed by atoms with van der Waals surface area (Å²) < 4.78 is 0. The molecule has 0 aliphatic carbocycles. The molecule has 0 aromatic heterocycles. The molecule has 0 fully saturated rings. The number of nitrogens with zero attached hydrogens (tertiary/aromatic N) is 4. The molecule has 0 saturated carbocycles. The lowest BCUT2D eigenvalue weighted by Gasteiger charge is -2.13. The van der Waals surface area contributed by atoms with Gasteiger partial charge in [-0.1, -0.05) is 84.5 Å². The van der Waals surface area contributed by atoms with Crippen LogP contribution >= 0.6 is 11.8 Å². The Morgan fingerprint density at radius 2 is 1.24 bits per heavy atom. The van der Waals surface area contributed by atoms with Gasteiger partial charge in [0.05, 0.1) is 37.4 Å². The summed E-state index contributed by atoms with van der Waals surface area (Å²) in [5.41, 5.74) is 4.55. The summed E-state index contributed by atoms with van der Waals surface area (Å²) >= 11 is 1.21. The van der Waals surface area contributed by atoms with Crippen molar-refractivity contribution < 1.29 is 24.4 Å². The first-order chi connectivity index (χ1) is 17.8. The number of thioether (sulfide) groups is 1. The van der Waals surface area contributed by atoms with Crippen LogP contribution in [0.3, 0.4) is 0 Å². The van der Waals surface area contributed by atoms with E-state index in [9.17, 15) is 9.59 Å². The summed E-state index contributed by atoms with van der Waals surface area (Å²) in [6.45, 7) is 17.7. The fourth-order valence-corrected chi connectivity index (χ4v) is 4.17. The van der Waals surface area contributed by atoms with E-state index >= 15 is 0 Å². The smallest absolute Gasteiger partial charge is 0.307 e.